The Morgan fingerprint density at radius 1 is 1.44 bits per heavy atom. The first-order chi connectivity index (χ1) is 7.44. The largest absolute Gasteiger partial charge is 0.383 e. The molecule has 0 spiro atoms. The Balaban J connectivity index is 2.49. The van der Waals surface area contributed by atoms with Crippen LogP contribution in [0.15, 0.2) is 16.7 Å². The molecule has 1 rings (SSSR count). The number of ether oxygens (including phenoxy) is 1. The van der Waals surface area contributed by atoms with Crippen LogP contribution in [-0.4, -0.2) is 24.2 Å². The van der Waals surface area contributed by atoms with Gasteiger partial charge in [-0.15, -0.1) is 0 Å². The van der Waals surface area contributed by atoms with Crippen LogP contribution in [0.4, 0.5) is 5.69 Å². The normalized spacial score (nSPS) is 11.6. The van der Waals surface area contributed by atoms with Gasteiger partial charge in [-0.1, -0.05) is 0 Å². The van der Waals surface area contributed by atoms with E-state index in [-0.39, 0.29) is 5.60 Å². The molecule has 0 aromatic carbocycles. The maximum absolute atomic E-state index is 5.36. The second kappa shape index (κ2) is 5.64. The number of pyridine rings is 1. The van der Waals surface area contributed by atoms with Crippen LogP contribution in [0.5, 0.6) is 0 Å². The number of aromatic nitrogens is 1. The summed E-state index contributed by atoms with van der Waals surface area (Å²) in [6.45, 7) is 7.04. The van der Waals surface area contributed by atoms with E-state index in [1.54, 1.807) is 7.11 Å². The second-order valence-electron chi connectivity index (χ2n) is 4.41. The monoisotopic (exact) mass is 286 g/mol. The highest BCUT2D eigenvalue weighted by molar-refractivity contribution is 9.10. The first-order valence-electron chi connectivity index (χ1n) is 5.37. The molecule has 4 heteroatoms. The van der Waals surface area contributed by atoms with Gasteiger partial charge < -0.3 is 10.1 Å². The molecule has 1 heterocycles. The van der Waals surface area contributed by atoms with E-state index >= 15 is 0 Å². The number of hydrogen-bond acceptors (Lipinski definition) is 3. The highest BCUT2D eigenvalue weighted by Crippen LogP contribution is 2.18. The summed E-state index contributed by atoms with van der Waals surface area (Å²) in [5.41, 5.74) is 2.00. The predicted octanol–water partition coefficient (Wildman–Crippen LogP) is 3.38. The topological polar surface area (TPSA) is 34.1 Å². The van der Waals surface area contributed by atoms with Crippen molar-refractivity contribution in [3.8, 4) is 0 Å². The van der Waals surface area contributed by atoms with Gasteiger partial charge in [0.25, 0.3) is 0 Å². The van der Waals surface area contributed by atoms with Crippen molar-refractivity contribution in [2.75, 3.05) is 19.0 Å². The van der Waals surface area contributed by atoms with Gasteiger partial charge in [0.1, 0.15) is 4.60 Å². The smallest absolute Gasteiger partial charge is 0.106 e. The Kier molecular flexibility index (Phi) is 4.74. The molecule has 0 unspecified atom stereocenters. The third-order valence-corrected chi connectivity index (χ3v) is 3.09. The van der Waals surface area contributed by atoms with Gasteiger partial charge in [0.15, 0.2) is 0 Å². The Morgan fingerprint density at radius 2 is 2.12 bits per heavy atom. The molecule has 90 valence electrons. The number of anilines is 1. The standard InChI is InChI=1S/C12H19BrN2O/c1-9-10(5-6-11(13)15-9)14-8-7-12(2,3)16-4/h5-6,14H,7-8H2,1-4H3. The molecule has 1 aromatic heterocycles. The molecule has 16 heavy (non-hydrogen) atoms. The van der Waals surface area contributed by atoms with Crippen LogP contribution in [0.3, 0.4) is 0 Å². The van der Waals surface area contributed by atoms with Crippen LogP contribution in [-0.2, 0) is 4.74 Å². The van der Waals surface area contributed by atoms with Crippen molar-refractivity contribution in [2.45, 2.75) is 32.8 Å². The minimum absolute atomic E-state index is 0.0797. The predicted molar refractivity (Wildman–Crippen MR) is 70.9 cm³/mol. The van der Waals surface area contributed by atoms with Crippen LogP contribution >= 0.6 is 15.9 Å². The number of hydrogen-bond donors (Lipinski definition) is 1. The summed E-state index contributed by atoms with van der Waals surface area (Å²) < 4.78 is 6.23. The average Bonchev–Trinajstić information content (AvgIpc) is 2.21. The molecule has 0 bridgehead atoms. The number of nitrogens with zero attached hydrogens (tertiary/aromatic N) is 1. The van der Waals surface area contributed by atoms with Crippen molar-refractivity contribution in [1.29, 1.82) is 0 Å². The van der Waals surface area contributed by atoms with E-state index in [9.17, 15) is 0 Å². The lowest BCUT2D eigenvalue weighted by Crippen LogP contribution is -2.25. The molecule has 0 amide bonds. The minimum Gasteiger partial charge on any atom is -0.383 e. The van der Waals surface area contributed by atoms with Crippen molar-refractivity contribution >= 4 is 21.6 Å². The Labute approximate surface area is 106 Å². The van der Waals surface area contributed by atoms with Crippen molar-refractivity contribution < 1.29 is 4.74 Å². The fourth-order valence-electron chi connectivity index (χ4n) is 1.32. The van der Waals surface area contributed by atoms with E-state index in [1.165, 1.54) is 0 Å². The number of halogens is 1. The van der Waals surface area contributed by atoms with E-state index in [1.807, 2.05) is 19.1 Å². The van der Waals surface area contributed by atoms with Gasteiger partial charge in [-0.25, -0.2) is 4.98 Å². The summed E-state index contributed by atoms with van der Waals surface area (Å²) in [7, 11) is 1.74. The minimum atomic E-state index is -0.0797. The molecule has 0 saturated heterocycles. The number of aryl methyl sites for hydroxylation is 1. The lowest BCUT2D eigenvalue weighted by atomic mass is 10.1. The molecular formula is C12H19BrN2O. The van der Waals surface area contributed by atoms with Gasteiger partial charge in [-0.05, 0) is 55.3 Å². The lowest BCUT2D eigenvalue weighted by Gasteiger charge is -2.23. The van der Waals surface area contributed by atoms with Crippen LogP contribution in [0, 0.1) is 6.92 Å². The fourth-order valence-corrected chi connectivity index (χ4v) is 1.72. The summed E-state index contributed by atoms with van der Waals surface area (Å²) in [5.74, 6) is 0. The quantitative estimate of drug-likeness (QED) is 0.843. The molecule has 0 fully saturated rings. The number of methoxy groups -OCH3 is 1. The van der Waals surface area contributed by atoms with Gasteiger partial charge in [-0.3, -0.25) is 0 Å². The molecular weight excluding hydrogens is 268 g/mol. The molecule has 3 nitrogen and oxygen atoms in total. The molecule has 0 atom stereocenters. The summed E-state index contributed by atoms with van der Waals surface area (Å²) >= 11 is 3.35. The Morgan fingerprint density at radius 3 is 2.69 bits per heavy atom. The maximum atomic E-state index is 5.36. The lowest BCUT2D eigenvalue weighted by molar-refractivity contribution is 0.0185. The zero-order valence-electron chi connectivity index (χ0n) is 10.3. The zero-order chi connectivity index (χ0) is 12.2. The molecule has 0 aliphatic rings. The molecule has 0 radical (unpaired) electrons. The van der Waals surface area contributed by atoms with E-state index < -0.39 is 0 Å². The van der Waals surface area contributed by atoms with E-state index in [0.29, 0.717) is 0 Å². The average molecular weight is 287 g/mol. The second-order valence-corrected chi connectivity index (χ2v) is 5.22. The Bertz CT molecular complexity index is 353. The fraction of sp³-hybridized carbons (Fsp3) is 0.583. The van der Waals surface area contributed by atoms with Gasteiger partial charge in [-0.2, -0.15) is 0 Å². The first-order valence-corrected chi connectivity index (χ1v) is 6.16. The summed E-state index contributed by atoms with van der Waals surface area (Å²) in [6, 6.07) is 3.98. The van der Waals surface area contributed by atoms with E-state index in [4.69, 9.17) is 4.74 Å². The highest BCUT2D eigenvalue weighted by Gasteiger charge is 2.15. The van der Waals surface area contributed by atoms with Gasteiger partial charge in [0.2, 0.25) is 0 Å². The molecule has 1 N–H and O–H groups in total. The van der Waals surface area contributed by atoms with Crippen LogP contribution < -0.4 is 5.32 Å². The molecule has 0 aliphatic carbocycles. The summed E-state index contributed by atoms with van der Waals surface area (Å²) in [4.78, 5) is 4.33. The SMILES string of the molecule is COC(C)(C)CCNc1ccc(Br)nc1C. The zero-order valence-corrected chi connectivity index (χ0v) is 11.9. The Hall–Kier alpha value is -0.610. The van der Waals surface area contributed by atoms with Crippen molar-refractivity contribution in [3.63, 3.8) is 0 Å². The van der Waals surface area contributed by atoms with Gasteiger partial charge >= 0.3 is 0 Å². The number of rotatable bonds is 5. The third kappa shape index (κ3) is 4.10. The van der Waals surface area contributed by atoms with E-state index in [0.717, 1.165) is 29.0 Å². The maximum Gasteiger partial charge on any atom is 0.106 e. The van der Waals surface area contributed by atoms with Crippen LogP contribution in [0.25, 0.3) is 0 Å². The highest BCUT2D eigenvalue weighted by atomic mass is 79.9. The van der Waals surface area contributed by atoms with Crippen LogP contribution in [0.2, 0.25) is 0 Å². The number of nitrogens with one attached hydrogen (secondary N) is 1. The molecule has 1 aromatic rings. The first kappa shape index (κ1) is 13.5. The van der Waals surface area contributed by atoms with Crippen LogP contribution in [0.1, 0.15) is 26.0 Å². The molecule has 0 saturated carbocycles. The summed E-state index contributed by atoms with van der Waals surface area (Å²) in [5, 5.41) is 3.37. The van der Waals surface area contributed by atoms with E-state index in [2.05, 4.69) is 40.1 Å². The third-order valence-electron chi connectivity index (χ3n) is 2.65. The van der Waals surface area contributed by atoms with Gasteiger partial charge in [0, 0.05) is 13.7 Å². The van der Waals surface area contributed by atoms with Gasteiger partial charge in [0.05, 0.1) is 17.0 Å². The molecule has 0 aliphatic heterocycles. The van der Waals surface area contributed by atoms with Crippen molar-refractivity contribution in [1.82, 2.24) is 4.98 Å². The van der Waals surface area contributed by atoms with Crippen molar-refractivity contribution in [2.24, 2.45) is 0 Å². The summed E-state index contributed by atoms with van der Waals surface area (Å²) in [6.07, 6.45) is 0.957. The van der Waals surface area contributed by atoms with Crippen molar-refractivity contribution in [3.05, 3.63) is 22.4 Å².